The number of rotatable bonds is 19. The zero-order valence-electron chi connectivity index (χ0n) is 39.8. The number of aliphatic hydroxyl groups excluding tert-OH is 1. The number of fused-ring (bicyclic) bond motifs is 8. The summed E-state index contributed by atoms with van der Waals surface area (Å²) < 4.78 is 32.5. The summed E-state index contributed by atoms with van der Waals surface area (Å²) in [6.07, 6.45) is -0.612. The molecule has 6 N–H and O–H groups in total. The van der Waals surface area contributed by atoms with Gasteiger partial charge in [-0.3, -0.25) is 24.0 Å². The van der Waals surface area contributed by atoms with Gasteiger partial charge in [-0.25, -0.2) is 19.0 Å². The molecule has 3 aliphatic rings. The molecule has 376 valence electrons. The van der Waals surface area contributed by atoms with Crippen LogP contribution in [0.1, 0.15) is 69.4 Å². The number of carbonyl (C=O) groups is 6. The highest BCUT2D eigenvalue weighted by Crippen LogP contribution is 2.44. The zero-order valence-corrected chi connectivity index (χ0v) is 39.8. The number of hydrogen-bond donors (Lipinski definition) is 6. The lowest BCUT2D eigenvalue weighted by Gasteiger charge is -2.21. The number of benzene rings is 4. The number of unbranched alkanes of at least 4 members (excludes halogenated alkanes) is 1. The van der Waals surface area contributed by atoms with Gasteiger partial charge in [0.05, 0.1) is 42.1 Å². The van der Waals surface area contributed by atoms with Crippen LogP contribution in [0.15, 0.2) is 102 Å². The molecule has 6 aromatic rings. The van der Waals surface area contributed by atoms with Crippen molar-refractivity contribution in [2.75, 3.05) is 39.6 Å². The summed E-state index contributed by atoms with van der Waals surface area (Å²) in [5.41, 5.74) is 8.34. The summed E-state index contributed by atoms with van der Waals surface area (Å²) in [7, 11) is 0. The van der Waals surface area contributed by atoms with Gasteiger partial charge in [0, 0.05) is 41.5 Å². The smallest absolute Gasteiger partial charge is 0.407 e. The number of esters is 1. The van der Waals surface area contributed by atoms with Crippen LogP contribution in [0.3, 0.4) is 0 Å². The molecule has 4 aromatic carbocycles. The normalized spacial score (nSPS) is 14.4. The average Bonchev–Trinajstić information content (AvgIpc) is 3.92. The Morgan fingerprint density at radius 2 is 1.49 bits per heavy atom. The van der Waals surface area contributed by atoms with E-state index < -0.39 is 78.8 Å². The molecule has 18 nitrogen and oxygen atoms in total. The molecule has 0 spiro atoms. The van der Waals surface area contributed by atoms with Gasteiger partial charge in [0.25, 0.3) is 5.56 Å². The van der Waals surface area contributed by atoms with Gasteiger partial charge in [-0.2, -0.15) is 0 Å². The van der Waals surface area contributed by atoms with Crippen LogP contribution in [0, 0.1) is 12.7 Å². The lowest BCUT2D eigenvalue weighted by molar-refractivity contribution is -0.157. The second kappa shape index (κ2) is 22.0. The second-order valence-corrected chi connectivity index (χ2v) is 18.0. The van der Waals surface area contributed by atoms with Crippen molar-refractivity contribution >= 4 is 46.6 Å². The van der Waals surface area contributed by atoms with Gasteiger partial charge in [0.15, 0.2) is 6.10 Å². The van der Waals surface area contributed by atoms with Crippen molar-refractivity contribution in [2.24, 2.45) is 0 Å². The second-order valence-electron chi connectivity index (χ2n) is 18.0. The number of hydrogen-bond acceptors (Lipinski definition) is 12. The van der Waals surface area contributed by atoms with Crippen LogP contribution in [0.25, 0.3) is 33.4 Å². The number of nitrogens with one attached hydrogen (secondary N) is 5. The van der Waals surface area contributed by atoms with Crippen LogP contribution in [0.5, 0.6) is 0 Å². The van der Waals surface area contributed by atoms with E-state index in [4.69, 9.17) is 19.2 Å². The Bertz CT molecular complexity index is 3170. The molecule has 4 heterocycles. The van der Waals surface area contributed by atoms with E-state index in [9.17, 15) is 43.1 Å². The molecule has 0 radical (unpaired) electrons. The molecule has 2 aromatic heterocycles. The van der Waals surface area contributed by atoms with Crippen LogP contribution >= 0.6 is 0 Å². The van der Waals surface area contributed by atoms with Gasteiger partial charge in [0.1, 0.15) is 38.3 Å². The minimum absolute atomic E-state index is 0.0645. The van der Waals surface area contributed by atoms with Crippen LogP contribution in [-0.4, -0.2) is 96.0 Å². The maximum Gasteiger partial charge on any atom is 0.407 e. The fourth-order valence-corrected chi connectivity index (χ4v) is 9.53. The third-order valence-electron chi connectivity index (χ3n) is 13.2. The highest BCUT2D eigenvalue weighted by molar-refractivity contribution is 5.93. The molecule has 5 amide bonds. The largest absolute Gasteiger partial charge is 0.458 e. The first-order chi connectivity index (χ1) is 35.3. The fraction of sp³-hybridized carbons (Fsp3) is 0.296. The molecule has 2 atom stereocenters. The van der Waals surface area contributed by atoms with Gasteiger partial charge >= 0.3 is 12.1 Å². The van der Waals surface area contributed by atoms with E-state index in [1.54, 1.807) is 49.4 Å². The van der Waals surface area contributed by atoms with Crippen molar-refractivity contribution in [3.05, 3.63) is 158 Å². The predicted octanol–water partition coefficient (Wildman–Crippen LogP) is 3.87. The minimum Gasteiger partial charge on any atom is -0.458 e. The zero-order chi connectivity index (χ0) is 51.2. The fourth-order valence-electron chi connectivity index (χ4n) is 9.53. The van der Waals surface area contributed by atoms with Gasteiger partial charge in [-0.05, 0) is 77.3 Å². The van der Waals surface area contributed by atoms with E-state index in [1.165, 1.54) is 10.6 Å². The van der Waals surface area contributed by atoms with Crippen LogP contribution in [-0.2, 0) is 64.2 Å². The van der Waals surface area contributed by atoms with Crippen LogP contribution in [0.2, 0.25) is 0 Å². The summed E-state index contributed by atoms with van der Waals surface area (Å²) >= 11 is 0. The number of amides is 5. The number of cyclic esters (lactones) is 1. The number of aryl methyl sites for hydroxylation is 2. The van der Waals surface area contributed by atoms with Crippen molar-refractivity contribution in [1.82, 2.24) is 36.1 Å². The molecule has 0 saturated carbocycles. The quantitative estimate of drug-likeness (QED) is 0.0384. The summed E-state index contributed by atoms with van der Waals surface area (Å²) in [6, 6.07) is 28.3. The molecular formula is C54H52FN7O11. The number of nitrogens with zero attached hydrogens (tertiary/aromatic N) is 2. The molecule has 1 aliphatic carbocycles. The Kier molecular flexibility index (Phi) is 15.0. The topological polar surface area (TPSA) is 245 Å². The highest BCUT2D eigenvalue weighted by atomic mass is 19.1. The van der Waals surface area contributed by atoms with Gasteiger partial charge in [-0.15, -0.1) is 0 Å². The van der Waals surface area contributed by atoms with E-state index in [2.05, 4.69) is 26.6 Å². The third kappa shape index (κ3) is 11.0. The van der Waals surface area contributed by atoms with Crippen molar-refractivity contribution in [3.8, 4) is 22.5 Å². The molecular weight excluding hydrogens is 942 g/mol. The molecule has 0 fully saturated rings. The predicted molar refractivity (Wildman–Crippen MR) is 263 cm³/mol. The monoisotopic (exact) mass is 993 g/mol. The van der Waals surface area contributed by atoms with Crippen molar-refractivity contribution in [2.45, 2.75) is 63.8 Å². The maximum absolute atomic E-state index is 14.8. The average molecular weight is 994 g/mol. The third-order valence-corrected chi connectivity index (χ3v) is 13.2. The maximum atomic E-state index is 14.8. The summed E-state index contributed by atoms with van der Waals surface area (Å²) in [5, 5.41) is 23.9. The SMILES string of the molecule is Cc1cc2c(CCCCOCNC(=O)CNC(=O)C(Cc3ccccc3)NC(=O)CNC(=O)CNC(=O)OCC3c4ccccc4-c4ccccc43)c3c(nc2cc1F)-c1cc2c(c(=O)n1C3)COC(=O)C2O. The van der Waals surface area contributed by atoms with Crippen LogP contribution < -0.4 is 32.1 Å². The Hall–Kier alpha value is -8.29. The van der Waals surface area contributed by atoms with Gasteiger partial charge < -0.3 is 50.5 Å². The van der Waals surface area contributed by atoms with E-state index >= 15 is 0 Å². The Morgan fingerprint density at radius 3 is 2.25 bits per heavy atom. The molecule has 2 unspecified atom stereocenters. The standard InChI is InChI=1S/C54H52FN7O11/c1-30-19-37-36(39-26-62-45(49(39)61-43(37)22-42(30)55)21-38-41(52(62)68)28-72-53(69)50(38)66)17-9-10-18-71-29-59-47(64)23-57-51(67)44(20-31-11-3-2-4-12-31)60-48(65)25-56-46(63)24-58-54(70)73-27-40-34-15-7-5-13-32(34)33-14-6-8-16-35(33)40/h2-8,11-16,19,21-22,40,44,50,66H,9-10,17-18,20,23-29H2,1H3,(H,56,63)(H,57,67)(H,58,70)(H,59,64)(H,60,65). The molecule has 0 bridgehead atoms. The van der Waals surface area contributed by atoms with Crippen molar-refractivity contribution in [1.29, 1.82) is 0 Å². The van der Waals surface area contributed by atoms with Gasteiger partial charge in [0.2, 0.25) is 23.6 Å². The summed E-state index contributed by atoms with van der Waals surface area (Å²) in [5.74, 6) is -3.96. The number of halogens is 1. The number of aliphatic hydroxyl groups is 1. The number of pyridine rings is 2. The first kappa shape index (κ1) is 49.7. The Morgan fingerprint density at radius 1 is 0.808 bits per heavy atom. The van der Waals surface area contributed by atoms with E-state index in [0.717, 1.165) is 44.3 Å². The molecule has 73 heavy (non-hydrogen) atoms. The molecule has 2 aliphatic heterocycles. The number of aromatic nitrogens is 2. The molecule has 0 saturated heterocycles. The van der Waals surface area contributed by atoms with Crippen LogP contribution in [0.4, 0.5) is 9.18 Å². The first-order valence-corrected chi connectivity index (χ1v) is 23.9. The minimum atomic E-state index is -1.61. The van der Waals surface area contributed by atoms with Gasteiger partial charge in [-0.1, -0.05) is 78.9 Å². The number of carbonyl (C=O) groups excluding carboxylic acids is 6. The Balaban J connectivity index is 0.711. The lowest BCUT2D eigenvalue weighted by atomic mass is 9.94. The Labute approximate surface area is 417 Å². The lowest BCUT2D eigenvalue weighted by Crippen LogP contribution is -2.52. The molecule has 9 rings (SSSR count). The van der Waals surface area contributed by atoms with Crippen molar-refractivity contribution in [3.63, 3.8) is 0 Å². The van der Waals surface area contributed by atoms with E-state index in [-0.39, 0.29) is 56.6 Å². The first-order valence-electron chi connectivity index (χ1n) is 23.9. The highest BCUT2D eigenvalue weighted by Gasteiger charge is 2.35. The van der Waals surface area contributed by atoms with E-state index in [0.29, 0.717) is 41.7 Å². The number of ether oxygens (including phenoxy) is 3. The molecule has 19 heteroatoms. The summed E-state index contributed by atoms with van der Waals surface area (Å²) in [6.45, 7) is 0.411. The van der Waals surface area contributed by atoms with Crippen molar-refractivity contribution < 1.29 is 52.5 Å². The number of alkyl carbamates (subject to hydrolysis) is 1. The van der Waals surface area contributed by atoms with E-state index in [1.807, 2.05) is 48.5 Å². The summed E-state index contributed by atoms with van der Waals surface area (Å²) in [4.78, 5) is 94.8.